The van der Waals surface area contributed by atoms with Gasteiger partial charge in [0.1, 0.15) is 23.7 Å². The maximum atomic E-state index is 13.4. The number of ether oxygens (including phenoxy) is 2. The normalized spacial score (nSPS) is 19.9. The second-order valence-electron chi connectivity index (χ2n) is 11.9. The zero-order valence-electron chi connectivity index (χ0n) is 26.3. The van der Waals surface area contributed by atoms with Crippen molar-refractivity contribution in [2.75, 3.05) is 27.3 Å². The Balaban J connectivity index is 1.42. The summed E-state index contributed by atoms with van der Waals surface area (Å²) in [6, 6.07) is -1.84. The molecule has 2 aliphatic heterocycles. The van der Waals surface area contributed by atoms with E-state index in [1.54, 1.807) is 22.2 Å². The fraction of sp³-hybridized carbons (Fsp3) is 0.600. The van der Waals surface area contributed by atoms with Gasteiger partial charge < -0.3 is 39.9 Å². The minimum absolute atomic E-state index is 0.111. The van der Waals surface area contributed by atoms with Crippen LogP contribution < -0.4 is 10.6 Å². The minimum Gasteiger partial charge on any atom is -0.453 e. The first-order valence-electron chi connectivity index (χ1n) is 15.1. The van der Waals surface area contributed by atoms with Crippen molar-refractivity contribution >= 4 is 36.2 Å². The molecule has 2 fully saturated rings. The lowest BCUT2D eigenvalue weighted by atomic mass is 10.0. The molecule has 2 aliphatic rings. The summed E-state index contributed by atoms with van der Waals surface area (Å²) in [6.07, 6.45) is 9.10. The number of amides is 4. The van der Waals surface area contributed by atoms with Gasteiger partial charge in [-0.05, 0) is 49.7 Å². The standard InChI is InChI=1S/C30H44N8O6/c1-17(2)23(35-29(41)43-5)27(39)37-13-7-9-21(37)25-31-15-19(33-25)11-12-20-16-32-26(34-20)22-10-8-14-38(22)28(40)24(18(3)4)36-30(42)44-6/h11-12,15-18,21-24H,7-10,13-14H2,1-6H3,(H,31,33)(H,32,34)(H,35,41)(H,36,42)/b12-11+/t21-,22?,23?,24?/m1/s1. The fourth-order valence-corrected chi connectivity index (χ4v) is 5.78. The van der Waals surface area contributed by atoms with Crippen LogP contribution >= 0.6 is 0 Å². The number of alkyl carbamates (subject to hydrolysis) is 2. The van der Waals surface area contributed by atoms with Gasteiger partial charge in [0, 0.05) is 13.1 Å². The summed E-state index contributed by atoms with van der Waals surface area (Å²) in [5.74, 6) is 0.821. The molecule has 4 rings (SSSR count). The Kier molecular flexibility index (Phi) is 10.7. The lowest BCUT2D eigenvalue weighted by Gasteiger charge is -2.30. The monoisotopic (exact) mass is 612 g/mol. The van der Waals surface area contributed by atoms with E-state index in [1.165, 1.54) is 14.2 Å². The average Bonchev–Trinajstić information content (AvgIpc) is 3.82. The van der Waals surface area contributed by atoms with E-state index >= 15 is 0 Å². The van der Waals surface area contributed by atoms with E-state index in [1.807, 2.05) is 39.8 Å². The lowest BCUT2D eigenvalue weighted by molar-refractivity contribution is -0.136. The van der Waals surface area contributed by atoms with Crippen molar-refractivity contribution < 1.29 is 28.7 Å². The van der Waals surface area contributed by atoms with Crippen LogP contribution in [-0.4, -0.2) is 93.1 Å². The van der Waals surface area contributed by atoms with Crippen molar-refractivity contribution in [3.8, 4) is 0 Å². The Hall–Kier alpha value is -4.36. The van der Waals surface area contributed by atoms with Crippen LogP contribution in [0, 0.1) is 11.8 Å². The number of hydrogen-bond acceptors (Lipinski definition) is 8. The second-order valence-corrected chi connectivity index (χ2v) is 11.9. The Labute approximate surface area is 257 Å². The number of H-pyrrole nitrogens is 2. The van der Waals surface area contributed by atoms with Gasteiger partial charge in [0.2, 0.25) is 11.8 Å². The zero-order chi connectivity index (χ0) is 32.0. The van der Waals surface area contributed by atoms with Crippen LogP contribution in [0.2, 0.25) is 0 Å². The highest BCUT2D eigenvalue weighted by Gasteiger charge is 2.38. The highest BCUT2D eigenvalue weighted by Crippen LogP contribution is 2.33. The number of carbonyl (C=O) groups excluding carboxylic acids is 4. The lowest BCUT2D eigenvalue weighted by Crippen LogP contribution is -2.51. The van der Waals surface area contributed by atoms with Crippen molar-refractivity contribution in [1.29, 1.82) is 0 Å². The van der Waals surface area contributed by atoms with E-state index in [0.29, 0.717) is 24.7 Å². The molecule has 4 atom stereocenters. The number of aromatic nitrogens is 4. The SMILES string of the molecule is COC(=O)NC(C(=O)N1CCCC1c1ncc(/C=C/c2cnc([C@H]3CCCN3C(=O)C(NC(=O)OC)C(C)C)[nH]2)[nH]1)C(C)C. The first-order chi connectivity index (χ1) is 21.0. The number of aromatic amines is 2. The molecule has 44 heavy (non-hydrogen) atoms. The van der Waals surface area contributed by atoms with E-state index in [2.05, 4.69) is 30.6 Å². The van der Waals surface area contributed by atoms with Gasteiger partial charge in [0.25, 0.3) is 0 Å². The molecule has 0 bridgehead atoms. The van der Waals surface area contributed by atoms with Gasteiger partial charge in [-0.1, -0.05) is 27.7 Å². The molecule has 0 saturated carbocycles. The Morgan fingerprint density at radius 2 is 1.16 bits per heavy atom. The largest absolute Gasteiger partial charge is 0.453 e. The fourth-order valence-electron chi connectivity index (χ4n) is 5.78. The third-order valence-corrected chi connectivity index (χ3v) is 8.16. The average molecular weight is 613 g/mol. The number of likely N-dealkylation sites (tertiary alicyclic amines) is 2. The number of rotatable bonds is 10. The molecule has 0 spiro atoms. The van der Waals surface area contributed by atoms with Crippen LogP contribution in [0.3, 0.4) is 0 Å². The number of hydrogen-bond donors (Lipinski definition) is 4. The molecule has 4 N–H and O–H groups in total. The van der Waals surface area contributed by atoms with Crippen LogP contribution in [0.15, 0.2) is 12.4 Å². The molecule has 2 aromatic heterocycles. The summed E-state index contributed by atoms with van der Waals surface area (Å²) in [6.45, 7) is 8.69. The molecule has 3 unspecified atom stereocenters. The van der Waals surface area contributed by atoms with E-state index < -0.39 is 24.3 Å². The molecule has 14 nitrogen and oxygen atoms in total. The quantitative estimate of drug-likeness (QED) is 0.316. The van der Waals surface area contributed by atoms with Crippen molar-refractivity contribution in [2.45, 2.75) is 77.5 Å². The molecular weight excluding hydrogens is 568 g/mol. The third-order valence-electron chi connectivity index (χ3n) is 8.16. The van der Waals surface area contributed by atoms with Crippen molar-refractivity contribution in [2.24, 2.45) is 11.8 Å². The topological polar surface area (TPSA) is 175 Å². The molecular formula is C30H44N8O6. The summed E-state index contributed by atoms with van der Waals surface area (Å²) in [7, 11) is 2.55. The van der Waals surface area contributed by atoms with Crippen LogP contribution in [0.4, 0.5) is 9.59 Å². The Morgan fingerprint density at radius 3 is 1.50 bits per heavy atom. The number of nitrogens with zero attached hydrogens (tertiary/aromatic N) is 4. The molecule has 2 aromatic rings. The molecule has 4 amide bonds. The van der Waals surface area contributed by atoms with Crippen molar-refractivity contribution in [3.05, 3.63) is 35.4 Å². The number of imidazole rings is 2. The predicted molar refractivity (Wildman–Crippen MR) is 162 cm³/mol. The summed E-state index contributed by atoms with van der Waals surface area (Å²) in [5.41, 5.74) is 1.52. The van der Waals surface area contributed by atoms with Crippen molar-refractivity contribution in [3.63, 3.8) is 0 Å². The van der Waals surface area contributed by atoms with Gasteiger partial charge in [0.05, 0.1) is 50.1 Å². The van der Waals surface area contributed by atoms with Gasteiger partial charge in [-0.25, -0.2) is 19.6 Å². The van der Waals surface area contributed by atoms with Crippen LogP contribution in [0.5, 0.6) is 0 Å². The predicted octanol–water partition coefficient (Wildman–Crippen LogP) is 3.39. The van der Waals surface area contributed by atoms with Crippen LogP contribution in [0.25, 0.3) is 12.2 Å². The highest BCUT2D eigenvalue weighted by molar-refractivity contribution is 5.87. The molecule has 14 heteroatoms. The van der Waals surface area contributed by atoms with Gasteiger partial charge in [-0.3, -0.25) is 9.59 Å². The molecule has 0 radical (unpaired) electrons. The van der Waals surface area contributed by atoms with E-state index in [9.17, 15) is 19.2 Å². The Bertz CT molecular complexity index is 1250. The maximum absolute atomic E-state index is 13.4. The van der Waals surface area contributed by atoms with E-state index in [0.717, 1.165) is 37.1 Å². The number of nitrogens with one attached hydrogen (secondary N) is 4. The second kappa shape index (κ2) is 14.4. The van der Waals surface area contributed by atoms with Crippen LogP contribution in [-0.2, 0) is 19.1 Å². The van der Waals surface area contributed by atoms with Crippen molar-refractivity contribution in [1.82, 2.24) is 40.4 Å². The van der Waals surface area contributed by atoms with E-state index in [-0.39, 0.29) is 35.7 Å². The van der Waals surface area contributed by atoms with Gasteiger partial charge >= 0.3 is 12.2 Å². The molecule has 240 valence electrons. The summed E-state index contributed by atoms with van der Waals surface area (Å²) in [4.78, 5) is 69.7. The molecule has 0 aliphatic carbocycles. The molecule has 0 aromatic carbocycles. The zero-order valence-corrected chi connectivity index (χ0v) is 26.3. The van der Waals surface area contributed by atoms with Crippen LogP contribution in [0.1, 0.15) is 88.5 Å². The Morgan fingerprint density at radius 1 is 0.773 bits per heavy atom. The summed E-state index contributed by atoms with van der Waals surface area (Å²) < 4.78 is 9.43. The maximum Gasteiger partial charge on any atom is 0.407 e. The first kappa shape index (κ1) is 32.6. The smallest absolute Gasteiger partial charge is 0.407 e. The highest BCUT2D eigenvalue weighted by atomic mass is 16.5. The number of methoxy groups -OCH3 is 2. The van der Waals surface area contributed by atoms with Gasteiger partial charge in [0.15, 0.2) is 0 Å². The molecule has 2 saturated heterocycles. The summed E-state index contributed by atoms with van der Waals surface area (Å²) >= 11 is 0. The van der Waals surface area contributed by atoms with Gasteiger partial charge in [-0.15, -0.1) is 0 Å². The number of carbonyl (C=O) groups is 4. The minimum atomic E-state index is -0.696. The van der Waals surface area contributed by atoms with E-state index in [4.69, 9.17) is 9.47 Å². The molecule has 4 heterocycles. The van der Waals surface area contributed by atoms with Gasteiger partial charge in [-0.2, -0.15) is 0 Å². The summed E-state index contributed by atoms with van der Waals surface area (Å²) in [5, 5.41) is 5.33. The third kappa shape index (κ3) is 7.40. The first-order valence-corrected chi connectivity index (χ1v) is 15.1.